The van der Waals surface area contributed by atoms with Crippen LogP contribution in [0.5, 0.6) is 0 Å². The highest BCUT2D eigenvalue weighted by Crippen LogP contribution is 2.16. The summed E-state index contributed by atoms with van der Waals surface area (Å²) in [6, 6.07) is -0.869. The Bertz CT molecular complexity index is 300. The van der Waals surface area contributed by atoms with E-state index in [0.717, 1.165) is 10.7 Å². The van der Waals surface area contributed by atoms with Crippen molar-refractivity contribution in [2.45, 2.75) is 17.5 Å². The lowest BCUT2D eigenvalue weighted by atomic mass is 10.2. The van der Waals surface area contributed by atoms with Crippen LogP contribution in [0.25, 0.3) is 0 Å². The smallest absolute Gasteiger partial charge is 0.320 e. The van der Waals surface area contributed by atoms with Crippen LogP contribution < -0.4 is 5.73 Å². The van der Waals surface area contributed by atoms with Gasteiger partial charge in [-0.1, -0.05) is 0 Å². The second-order valence-electron chi connectivity index (χ2n) is 2.54. The quantitative estimate of drug-likeness (QED) is 0.600. The Hall–Kier alpha value is -1.01. The Kier molecular flexibility index (Phi) is 3.32. The number of carbonyl (C=O) groups is 1. The summed E-state index contributed by atoms with van der Waals surface area (Å²) in [4.78, 5) is 17.3. The largest absolute Gasteiger partial charge is 0.480 e. The van der Waals surface area contributed by atoms with Crippen molar-refractivity contribution >= 4 is 17.7 Å². The van der Waals surface area contributed by atoms with E-state index in [-0.39, 0.29) is 6.42 Å². The predicted molar refractivity (Wildman–Crippen MR) is 49.7 cm³/mol. The van der Waals surface area contributed by atoms with Crippen LogP contribution in [-0.4, -0.2) is 33.3 Å². The summed E-state index contributed by atoms with van der Waals surface area (Å²) in [5.41, 5.74) is 6.15. The van der Waals surface area contributed by atoms with Crippen molar-refractivity contribution in [1.82, 2.24) is 9.97 Å². The number of nitrogens with one attached hydrogen (secondary N) is 1. The average Bonchev–Trinajstić information content (AvgIpc) is 2.51. The Balaban J connectivity index is 2.68. The average molecular weight is 201 g/mol. The van der Waals surface area contributed by atoms with Crippen molar-refractivity contribution in [2.24, 2.45) is 5.73 Å². The first-order chi connectivity index (χ1) is 6.15. The van der Waals surface area contributed by atoms with Crippen LogP contribution in [0.4, 0.5) is 0 Å². The molecular weight excluding hydrogens is 190 g/mol. The van der Waals surface area contributed by atoms with Crippen LogP contribution in [0.15, 0.2) is 11.4 Å². The molecule has 0 fully saturated rings. The fourth-order valence-corrected chi connectivity index (χ4v) is 1.48. The van der Waals surface area contributed by atoms with E-state index in [0.29, 0.717) is 0 Å². The van der Waals surface area contributed by atoms with E-state index in [1.165, 1.54) is 18.1 Å². The Morgan fingerprint density at radius 3 is 3.15 bits per heavy atom. The second-order valence-corrected chi connectivity index (χ2v) is 3.33. The summed E-state index contributed by atoms with van der Waals surface area (Å²) in [6.45, 7) is 0. The van der Waals surface area contributed by atoms with E-state index in [2.05, 4.69) is 9.97 Å². The van der Waals surface area contributed by atoms with Gasteiger partial charge in [0.25, 0.3) is 0 Å². The van der Waals surface area contributed by atoms with Gasteiger partial charge in [0, 0.05) is 6.42 Å². The van der Waals surface area contributed by atoms with Gasteiger partial charge in [-0.2, -0.15) is 0 Å². The molecule has 1 atom stereocenters. The highest BCUT2D eigenvalue weighted by molar-refractivity contribution is 7.98. The van der Waals surface area contributed by atoms with Crippen LogP contribution in [0, 0.1) is 0 Å². The number of carboxylic acid groups (broad SMARTS) is 1. The first-order valence-electron chi connectivity index (χ1n) is 3.69. The van der Waals surface area contributed by atoms with Gasteiger partial charge in [0.05, 0.1) is 12.0 Å². The van der Waals surface area contributed by atoms with E-state index in [1.807, 2.05) is 6.26 Å². The van der Waals surface area contributed by atoms with Crippen LogP contribution >= 0.6 is 11.8 Å². The highest BCUT2D eigenvalue weighted by atomic mass is 32.2. The topological polar surface area (TPSA) is 92.0 Å². The highest BCUT2D eigenvalue weighted by Gasteiger charge is 2.15. The molecule has 13 heavy (non-hydrogen) atoms. The fourth-order valence-electron chi connectivity index (χ4n) is 0.938. The van der Waals surface area contributed by atoms with Crippen molar-refractivity contribution in [3.05, 3.63) is 12.0 Å². The second kappa shape index (κ2) is 4.29. The number of nitrogens with zero attached hydrogens (tertiary/aromatic N) is 1. The third-order valence-electron chi connectivity index (χ3n) is 1.61. The van der Waals surface area contributed by atoms with Gasteiger partial charge in [0.1, 0.15) is 11.1 Å². The van der Waals surface area contributed by atoms with Crippen molar-refractivity contribution in [3.63, 3.8) is 0 Å². The summed E-state index contributed by atoms with van der Waals surface area (Å²) in [7, 11) is 0. The van der Waals surface area contributed by atoms with Crippen molar-refractivity contribution in [1.29, 1.82) is 0 Å². The minimum absolute atomic E-state index is 0.283. The molecule has 0 radical (unpaired) electrons. The molecular formula is C7H11N3O2S. The molecule has 6 heteroatoms. The Morgan fingerprint density at radius 1 is 1.92 bits per heavy atom. The number of aromatic nitrogens is 2. The molecule has 1 rings (SSSR count). The van der Waals surface area contributed by atoms with E-state index >= 15 is 0 Å². The summed E-state index contributed by atoms with van der Waals surface area (Å²) in [5, 5.41) is 9.38. The van der Waals surface area contributed by atoms with Crippen LogP contribution in [0.3, 0.4) is 0 Å². The molecule has 5 nitrogen and oxygen atoms in total. The molecule has 1 heterocycles. The Labute approximate surface area is 79.7 Å². The monoisotopic (exact) mass is 201 g/mol. The lowest BCUT2D eigenvalue weighted by Crippen LogP contribution is -2.32. The van der Waals surface area contributed by atoms with Crippen molar-refractivity contribution in [3.8, 4) is 0 Å². The van der Waals surface area contributed by atoms with Gasteiger partial charge in [-0.25, -0.2) is 4.98 Å². The molecule has 1 aromatic heterocycles. The number of aromatic amines is 1. The number of aliphatic carboxylic acids is 1. The molecule has 0 saturated carbocycles. The third-order valence-corrected chi connectivity index (χ3v) is 2.35. The van der Waals surface area contributed by atoms with E-state index in [4.69, 9.17) is 10.8 Å². The number of rotatable bonds is 4. The third kappa shape index (κ3) is 2.46. The zero-order chi connectivity index (χ0) is 9.84. The standard InChI is InChI=1S/C7H11N3O2S/c1-13-6-5(9-3-10-6)2-4(8)7(11)12/h3-4H,2,8H2,1H3,(H,9,10)(H,11,12). The van der Waals surface area contributed by atoms with Crippen LogP contribution in [0.1, 0.15) is 5.69 Å². The molecule has 1 unspecified atom stereocenters. The van der Waals surface area contributed by atoms with Crippen LogP contribution in [-0.2, 0) is 11.2 Å². The number of imidazole rings is 1. The van der Waals surface area contributed by atoms with Gasteiger partial charge in [-0.3, -0.25) is 4.79 Å². The molecule has 0 saturated heterocycles. The van der Waals surface area contributed by atoms with Crippen LogP contribution in [0.2, 0.25) is 0 Å². The lowest BCUT2D eigenvalue weighted by Gasteiger charge is -2.04. The maximum Gasteiger partial charge on any atom is 0.320 e. The van der Waals surface area contributed by atoms with E-state index in [9.17, 15) is 4.79 Å². The Morgan fingerprint density at radius 2 is 2.62 bits per heavy atom. The zero-order valence-corrected chi connectivity index (χ0v) is 7.97. The molecule has 1 aromatic rings. The minimum Gasteiger partial charge on any atom is -0.480 e. The molecule has 0 amide bonds. The minimum atomic E-state index is -0.998. The molecule has 0 aliphatic rings. The van der Waals surface area contributed by atoms with Crippen molar-refractivity contribution in [2.75, 3.05) is 6.26 Å². The van der Waals surface area contributed by atoms with Crippen molar-refractivity contribution < 1.29 is 9.90 Å². The number of H-pyrrole nitrogens is 1. The van der Waals surface area contributed by atoms with E-state index in [1.54, 1.807) is 0 Å². The van der Waals surface area contributed by atoms with Gasteiger partial charge in [-0.15, -0.1) is 11.8 Å². The van der Waals surface area contributed by atoms with Gasteiger partial charge in [-0.05, 0) is 6.26 Å². The van der Waals surface area contributed by atoms with E-state index < -0.39 is 12.0 Å². The summed E-state index contributed by atoms with van der Waals surface area (Å²) in [5.74, 6) is -0.998. The SMILES string of the molecule is CSc1nc[nH]c1CC(N)C(=O)O. The molecule has 0 bridgehead atoms. The molecule has 72 valence electrons. The maximum absolute atomic E-state index is 10.5. The molecule has 0 aromatic carbocycles. The number of hydrogen-bond donors (Lipinski definition) is 3. The normalized spacial score (nSPS) is 12.8. The van der Waals surface area contributed by atoms with Gasteiger partial charge >= 0.3 is 5.97 Å². The first kappa shape index (κ1) is 10.1. The summed E-state index contributed by atoms with van der Waals surface area (Å²) >= 11 is 1.46. The predicted octanol–water partition coefficient (Wildman–Crippen LogP) is 0.0860. The maximum atomic E-state index is 10.5. The lowest BCUT2D eigenvalue weighted by molar-refractivity contribution is -0.138. The fraction of sp³-hybridized carbons (Fsp3) is 0.429. The number of hydrogen-bond acceptors (Lipinski definition) is 4. The number of nitrogens with two attached hydrogens (primary N) is 1. The molecule has 0 spiro atoms. The first-order valence-corrected chi connectivity index (χ1v) is 4.92. The molecule has 4 N–H and O–H groups in total. The summed E-state index contributed by atoms with van der Waals surface area (Å²) in [6.07, 6.45) is 3.70. The summed E-state index contributed by atoms with van der Waals surface area (Å²) < 4.78 is 0. The van der Waals surface area contributed by atoms with Gasteiger partial charge in [0.2, 0.25) is 0 Å². The van der Waals surface area contributed by atoms with Gasteiger partial charge < -0.3 is 15.8 Å². The molecule has 0 aliphatic carbocycles. The zero-order valence-electron chi connectivity index (χ0n) is 7.15. The number of carboxylic acids is 1. The number of thioether (sulfide) groups is 1. The molecule has 0 aliphatic heterocycles. The van der Waals surface area contributed by atoms with Gasteiger partial charge in [0.15, 0.2) is 0 Å².